The molecule has 4 N–H and O–H groups in total. The molecule has 20 heavy (non-hydrogen) atoms. The van der Waals surface area contributed by atoms with Crippen molar-refractivity contribution in [1.82, 2.24) is 15.0 Å². The van der Waals surface area contributed by atoms with Crippen LogP contribution in [0, 0.1) is 0 Å². The van der Waals surface area contributed by atoms with Gasteiger partial charge in [-0.2, -0.15) is 15.0 Å². The minimum atomic E-state index is 0.166. The number of hydrogen-bond donors (Lipinski definition) is 3. The van der Waals surface area contributed by atoms with Crippen LogP contribution in [0.4, 0.5) is 17.8 Å². The molecule has 1 aromatic rings. The van der Waals surface area contributed by atoms with Gasteiger partial charge in [-0.05, 0) is 19.3 Å². The molecule has 0 bridgehead atoms. The van der Waals surface area contributed by atoms with Crippen molar-refractivity contribution in [3.8, 4) is 0 Å². The van der Waals surface area contributed by atoms with E-state index in [2.05, 4.69) is 37.5 Å². The Morgan fingerprint density at radius 1 is 1.25 bits per heavy atom. The molecule has 0 radical (unpaired) electrons. The van der Waals surface area contributed by atoms with Crippen LogP contribution >= 0.6 is 0 Å². The molecule has 0 amide bonds. The smallest absolute Gasteiger partial charge is 0.243 e. The largest absolute Gasteiger partial charge is 0.383 e. The first-order chi connectivity index (χ1) is 9.76. The van der Waals surface area contributed by atoms with E-state index >= 15 is 0 Å². The standard InChI is InChI=1S/C12H23N7O/c1-3-9(8-20-2)14-10-15-11(18-13)17-12(16-10)19-6-4-5-7-19/h9H,3-8,13H2,1-2H3,(H2,14,15,16,17,18). The summed E-state index contributed by atoms with van der Waals surface area (Å²) < 4.78 is 5.17. The lowest BCUT2D eigenvalue weighted by Crippen LogP contribution is -2.27. The predicted octanol–water partition coefficient (Wildman–Crippen LogP) is 0.594. The second-order valence-corrected chi connectivity index (χ2v) is 4.83. The van der Waals surface area contributed by atoms with Gasteiger partial charge in [0.15, 0.2) is 0 Å². The predicted molar refractivity (Wildman–Crippen MR) is 78.7 cm³/mol. The zero-order valence-electron chi connectivity index (χ0n) is 12.1. The third-order valence-electron chi connectivity index (χ3n) is 3.34. The van der Waals surface area contributed by atoms with Crippen LogP contribution in [0.1, 0.15) is 26.2 Å². The van der Waals surface area contributed by atoms with Gasteiger partial charge in [0.05, 0.1) is 12.6 Å². The molecule has 1 unspecified atom stereocenters. The summed E-state index contributed by atoms with van der Waals surface area (Å²) in [7, 11) is 1.68. The van der Waals surface area contributed by atoms with Gasteiger partial charge in [-0.3, -0.25) is 5.43 Å². The SMILES string of the molecule is CCC(COC)Nc1nc(NN)nc(N2CCCC2)n1. The molecule has 2 rings (SSSR count). The summed E-state index contributed by atoms with van der Waals surface area (Å²) in [5, 5.41) is 3.26. The number of nitrogens with zero attached hydrogens (tertiary/aromatic N) is 4. The van der Waals surface area contributed by atoms with Crippen molar-refractivity contribution in [3.63, 3.8) is 0 Å². The van der Waals surface area contributed by atoms with E-state index in [4.69, 9.17) is 10.6 Å². The summed E-state index contributed by atoms with van der Waals surface area (Å²) in [5.41, 5.74) is 2.49. The molecular weight excluding hydrogens is 258 g/mol. The van der Waals surface area contributed by atoms with Crippen LogP contribution in [0.25, 0.3) is 0 Å². The summed E-state index contributed by atoms with van der Waals surface area (Å²) in [6.45, 7) is 4.64. The molecule has 1 aliphatic heterocycles. The van der Waals surface area contributed by atoms with Crippen LogP contribution in [0.5, 0.6) is 0 Å². The third-order valence-corrected chi connectivity index (χ3v) is 3.34. The average Bonchev–Trinajstić information content (AvgIpc) is 3.00. The Balaban J connectivity index is 2.16. The van der Waals surface area contributed by atoms with E-state index in [0.29, 0.717) is 24.5 Å². The summed E-state index contributed by atoms with van der Waals surface area (Å²) in [6, 6.07) is 0.166. The van der Waals surface area contributed by atoms with Gasteiger partial charge in [0.25, 0.3) is 0 Å². The van der Waals surface area contributed by atoms with Gasteiger partial charge in [0.2, 0.25) is 17.8 Å². The van der Waals surface area contributed by atoms with Crippen LogP contribution in [-0.2, 0) is 4.74 Å². The Morgan fingerprint density at radius 2 is 1.95 bits per heavy atom. The first-order valence-corrected chi connectivity index (χ1v) is 7.00. The van der Waals surface area contributed by atoms with Crippen molar-refractivity contribution >= 4 is 17.8 Å². The average molecular weight is 281 g/mol. The summed E-state index contributed by atoms with van der Waals surface area (Å²) >= 11 is 0. The monoisotopic (exact) mass is 281 g/mol. The molecule has 0 aliphatic carbocycles. The van der Waals surface area contributed by atoms with E-state index < -0.39 is 0 Å². The van der Waals surface area contributed by atoms with Gasteiger partial charge >= 0.3 is 0 Å². The fraction of sp³-hybridized carbons (Fsp3) is 0.750. The number of ether oxygens (including phenoxy) is 1. The lowest BCUT2D eigenvalue weighted by molar-refractivity contribution is 0.184. The number of anilines is 3. The fourth-order valence-electron chi connectivity index (χ4n) is 2.20. The van der Waals surface area contributed by atoms with Crippen molar-refractivity contribution in [3.05, 3.63) is 0 Å². The van der Waals surface area contributed by atoms with E-state index in [0.717, 1.165) is 19.5 Å². The van der Waals surface area contributed by atoms with E-state index in [1.54, 1.807) is 7.11 Å². The highest BCUT2D eigenvalue weighted by atomic mass is 16.5. The van der Waals surface area contributed by atoms with Gasteiger partial charge < -0.3 is 15.0 Å². The maximum atomic E-state index is 5.43. The lowest BCUT2D eigenvalue weighted by Gasteiger charge is -2.19. The molecule has 1 saturated heterocycles. The van der Waals surface area contributed by atoms with Crippen molar-refractivity contribution in [2.24, 2.45) is 5.84 Å². The van der Waals surface area contributed by atoms with Gasteiger partial charge in [0.1, 0.15) is 0 Å². The number of methoxy groups -OCH3 is 1. The first-order valence-electron chi connectivity index (χ1n) is 7.00. The molecule has 2 heterocycles. The van der Waals surface area contributed by atoms with Crippen LogP contribution in [0.3, 0.4) is 0 Å². The zero-order valence-corrected chi connectivity index (χ0v) is 12.1. The Kier molecular flexibility index (Phi) is 5.31. The maximum Gasteiger partial charge on any atom is 0.243 e. The molecule has 8 heteroatoms. The summed E-state index contributed by atoms with van der Waals surface area (Å²) in [4.78, 5) is 15.2. The van der Waals surface area contributed by atoms with Gasteiger partial charge in [-0.1, -0.05) is 6.92 Å². The topological polar surface area (TPSA) is 101 Å². The van der Waals surface area contributed by atoms with E-state index in [9.17, 15) is 0 Å². The van der Waals surface area contributed by atoms with Gasteiger partial charge in [-0.15, -0.1) is 0 Å². The number of nitrogen functional groups attached to an aromatic ring is 1. The van der Waals surface area contributed by atoms with Crippen LogP contribution in [0.15, 0.2) is 0 Å². The number of nitrogens with two attached hydrogens (primary N) is 1. The van der Waals surface area contributed by atoms with Crippen LogP contribution in [0.2, 0.25) is 0 Å². The van der Waals surface area contributed by atoms with Gasteiger partial charge in [-0.25, -0.2) is 5.84 Å². The molecule has 112 valence electrons. The Labute approximate surface area is 119 Å². The molecule has 1 fully saturated rings. The normalized spacial score (nSPS) is 16.2. The third kappa shape index (κ3) is 3.67. The van der Waals surface area contributed by atoms with Crippen molar-refractivity contribution in [2.45, 2.75) is 32.2 Å². The second kappa shape index (κ2) is 7.20. The maximum absolute atomic E-state index is 5.43. The molecular formula is C12H23N7O. The number of nitrogens with one attached hydrogen (secondary N) is 2. The number of hydrazine groups is 1. The molecule has 1 atom stereocenters. The number of aromatic nitrogens is 3. The highest BCUT2D eigenvalue weighted by molar-refractivity contribution is 5.44. The van der Waals surface area contributed by atoms with Crippen molar-refractivity contribution in [2.75, 3.05) is 42.4 Å². The zero-order chi connectivity index (χ0) is 14.4. The van der Waals surface area contributed by atoms with Crippen molar-refractivity contribution in [1.29, 1.82) is 0 Å². The van der Waals surface area contributed by atoms with E-state index in [1.165, 1.54) is 12.8 Å². The Bertz CT molecular complexity index is 422. The van der Waals surface area contributed by atoms with E-state index in [-0.39, 0.29) is 6.04 Å². The van der Waals surface area contributed by atoms with E-state index in [1.807, 2.05) is 0 Å². The summed E-state index contributed by atoms with van der Waals surface area (Å²) in [5.74, 6) is 7.00. The van der Waals surface area contributed by atoms with Crippen LogP contribution < -0.4 is 21.5 Å². The quantitative estimate of drug-likeness (QED) is 0.493. The highest BCUT2D eigenvalue weighted by Crippen LogP contribution is 2.18. The molecule has 1 aromatic heterocycles. The van der Waals surface area contributed by atoms with Gasteiger partial charge in [0, 0.05) is 20.2 Å². The highest BCUT2D eigenvalue weighted by Gasteiger charge is 2.18. The molecule has 0 saturated carbocycles. The molecule has 1 aliphatic rings. The minimum Gasteiger partial charge on any atom is -0.383 e. The fourth-order valence-corrected chi connectivity index (χ4v) is 2.20. The molecule has 0 spiro atoms. The minimum absolute atomic E-state index is 0.166. The molecule has 0 aromatic carbocycles. The molecule has 8 nitrogen and oxygen atoms in total. The number of rotatable bonds is 7. The number of hydrogen-bond acceptors (Lipinski definition) is 8. The summed E-state index contributed by atoms with van der Waals surface area (Å²) in [6.07, 6.45) is 3.26. The van der Waals surface area contributed by atoms with Crippen molar-refractivity contribution < 1.29 is 4.74 Å². The Morgan fingerprint density at radius 3 is 2.55 bits per heavy atom. The second-order valence-electron chi connectivity index (χ2n) is 4.83. The van der Waals surface area contributed by atoms with Crippen LogP contribution in [-0.4, -0.2) is 47.8 Å². The lowest BCUT2D eigenvalue weighted by atomic mass is 10.2. The first kappa shape index (κ1) is 14.7. The Hall–Kier alpha value is -1.67.